The summed E-state index contributed by atoms with van der Waals surface area (Å²) in [5.74, 6) is 0.0350. The molecule has 0 unspecified atom stereocenters. The first-order chi connectivity index (χ1) is 7.88. The number of carbonyl (C=O) groups excluding carboxylic acids is 1. The van der Waals surface area contributed by atoms with Gasteiger partial charge in [-0.1, -0.05) is 51.1 Å². The van der Waals surface area contributed by atoms with E-state index >= 15 is 0 Å². The van der Waals surface area contributed by atoms with Crippen LogP contribution in [0.2, 0.25) is 0 Å². The molecule has 1 aromatic carbocycles. The molecule has 1 amide bonds. The van der Waals surface area contributed by atoms with Crippen molar-refractivity contribution in [2.45, 2.75) is 46.6 Å². The number of benzene rings is 1. The first-order valence-electron chi connectivity index (χ1n) is 6.20. The molecule has 0 heterocycles. The second-order valence-electron chi connectivity index (χ2n) is 5.76. The minimum atomic E-state index is 0.0350. The van der Waals surface area contributed by atoms with E-state index < -0.39 is 0 Å². The number of carbonyl (C=O) groups is 1. The maximum Gasteiger partial charge on any atom is 0.217 e. The zero-order valence-electron chi connectivity index (χ0n) is 11.3. The average Bonchev–Trinajstić information content (AvgIpc) is 2.24. The maximum atomic E-state index is 11.2. The largest absolute Gasteiger partial charge is 0.350 e. The molecule has 0 spiro atoms. The van der Waals surface area contributed by atoms with Crippen molar-refractivity contribution in [2.24, 2.45) is 5.41 Å². The summed E-state index contributed by atoms with van der Waals surface area (Å²) in [6.07, 6.45) is 2.07. The van der Waals surface area contributed by atoms with E-state index in [1.807, 2.05) is 18.2 Å². The predicted molar refractivity (Wildman–Crippen MR) is 71.7 cm³/mol. The highest BCUT2D eigenvalue weighted by molar-refractivity contribution is 5.73. The Labute approximate surface area is 104 Å². The van der Waals surface area contributed by atoms with E-state index in [2.05, 4.69) is 38.2 Å². The van der Waals surface area contributed by atoms with Crippen LogP contribution in [0.5, 0.6) is 0 Å². The molecule has 94 valence electrons. The molecule has 0 aliphatic rings. The van der Waals surface area contributed by atoms with Gasteiger partial charge >= 0.3 is 0 Å². The molecule has 1 rings (SSSR count). The minimum Gasteiger partial charge on any atom is -0.350 e. The van der Waals surface area contributed by atoms with Gasteiger partial charge in [0, 0.05) is 6.92 Å². The Bertz CT molecular complexity index is 351. The van der Waals surface area contributed by atoms with Crippen LogP contribution in [-0.2, 0) is 4.79 Å². The zero-order valence-corrected chi connectivity index (χ0v) is 11.3. The van der Waals surface area contributed by atoms with Crippen LogP contribution in [-0.4, -0.2) is 5.91 Å². The van der Waals surface area contributed by atoms with Crippen molar-refractivity contribution < 1.29 is 4.79 Å². The number of hydrogen-bond donors (Lipinski definition) is 1. The molecule has 0 bridgehead atoms. The Kier molecular flexibility index (Phi) is 4.73. The van der Waals surface area contributed by atoms with Crippen molar-refractivity contribution in [1.82, 2.24) is 5.32 Å². The Balaban J connectivity index is 2.71. The molecule has 0 saturated heterocycles. The standard InChI is InChI=1S/C15H23NO/c1-12(17)16-14(10-11-15(2,3)4)13-8-6-5-7-9-13/h5-9,14H,10-11H2,1-4H3,(H,16,17)/t14-/m0/s1. The van der Waals surface area contributed by atoms with Crippen LogP contribution in [0, 0.1) is 5.41 Å². The summed E-state index contributed by atoms with van der Waals surface area (Å²) < 4.78 is 0. The summed E-state index contributed by atoms with van der Waals surface area (Å²) in [5, 5.41) is 3.03. The number of nitrogens with one attached hydrogen (secondary N) is 1. The molecule has 17 heavy (non-hydrogen) atoms. The first-order valence-corrected chi connectivity index (χ1v) is 6.20. The Morgan fingerprint density at radius 3 is 2.29 bits per heavy atom. The van der Waals surface area contributed by atoms with Crippen LogP contribution in [0.4, 0.5) is 0 Å². The molecule has 2 nitrogen and oxygen atoms in total. The van der Waals surface area contributed by atoms with E-state index in [0.717, 1.165) is 12.8 Å². The molecule has 0 fully saturated rings. The summed E-state index contributed by atoms with van der Waals surface area (Å²) >= 11 is 0. The second kappa shape index (κ2) is 5.85. The molecular formula is C15H23NO. The third kappa shape index (κ3) is 5.53. The lowest BCUT2D eigenvalue weighted by Crippen LogP contribution is -2.27. The summed E-state index contributed by atoms with van der Waals surface area (Å²) in [4.78, 5) is 11.2. The van der Waals surface area contributed by atoms with Crippen LogP contribution >= 0.6 is 0 Å². The fourth-order valence-electron chi connectivity index (χ4n) is 1.83. The van der Waals surface area contributed by atoms with Gasteiger partial charge in [-0.25, -0.2) is 0 Å². The minimum absolute atomic E-state index is 0.0350. The highest BCUT2D eigenvalue weighted by Crippen LogP contribution is 2.27. The van der Waals surface area contributed by atoms with E-state index in [-0.39, 0.29) is 11.9 Å². The zero-order chi connectivity index (χ0) is 12.9. The molecule has 1 aromatic rings. The van der Waals surface area contributed by atoms with Gasteiger partial charge in [0.2, 0.25) is 5.91 Å². The highest BCUT2D eigenvalue weighted by Gasteiger charge is 2.17. The molecule has 1 atom stereocenters. The van der Waals surface area contributed by atoms with Crippen LogP contribution in [0.3, 0.4) is 0 Å². The van der Waals surface area contributed by atoms with Crippen LogP contribution in [0.25, 0.3) is 0 Å². The Morgan fingerprint density at radius 2 is 1.82 bits per heavy atom. The van der Waals surface area contributed by atoms with Crippen LogP contribution in [0.1, 0.15) is 52.1 Å². The van der Waals surface area contributed by atoms with Gasteiger partial charge in [0.1, 0.15) is 0 Å². The van der Waals surface area contributed by atoms with Crippen LogP contribution in [0.15, 0.2) is 30.3 Å². The van der Waals surface area contributed by atoms with Gasteiger partial charge in [-0.2, -0.15) is 0 Å². The quantitative estimate of drug-likeness (QED) is 0.844. The van der Waals surface area contributed by atoms with Crippen molar-refractivity contribution in [3.05, 3.63) is 35.9 Å². The molecule has 0 aromatic heterocycles. The first kappa shape index (κ1) is 13.8. The smallest absolute Gasteiger partial charge is 0.217 e. The van der Waals surface area contributed by atoms with Crippen molar-refractivity contribution in [1.29, 1.82) is 0 Å². The molecule has 2 heteroatoms. The molecular weight excluding hydrogens is 210 g/mol. The summed E-state index contributed by atoms with van der Waals surface area (Å²) in [7, 11) is 0. The van der Waals surface area contributed by atoms with Gasteiger partial charge in [0.05, 0.1) is 6.04 Å². The normalized spacial score (nSPS) is 13.2. The Morgan fingerprint density at radius 1 is 1.24 bits per heavy atom. The van der Waals surface area contributed by atoms with Gasteiger partial charge in [0.25, 0.3) is 0 Å². The van der Waals surface area contributed by atoms with E-state index in [1.54, 1.807) is 6.92 Å². The average molecular weight is 233 g/mol. The molecule has 0 saturated carbocycles. The lowest BCUT2D eigenvalue weighted by atomic mass is 9.87. The second-order valence-corrected chi connectivity index (χ2v) is 5.76. The van der Waals surface area contributed by atoms with E-state index in [0.29, 0.717) is 5.41 Å². The number of rotatable bonds is 4. The Hall–Kier alpha value is -1.31. The van der Waals surface area contributed by atoms with Crippen molar-refractivity contribution in [2.75, 3.05) is 0 Å². The van der Waals surface area contributed by atoms with Crippen molar-refractivity contribution in [3.63, 3.8) is 0 Å². The molecule has 0 aliphatic carbocycles. The van der Waals surface area contributed by atoms with Gasteiger partial charge in [-0.3, -0.25) is 4.79 Å². The molecule has 0 radical (unpaired) electrons. The third-order valence-corrected chi connectivity index (χ3v) is 2.76. The summed E-state index contributed by atoms with van der Waals surface area (Å²) in [6, 6.07) is 10.3. The van der Waals surface area contributed by atoms with E-state index in [9.17, 15) is 4.79 Å². The highest BCUT2D eigenvalue weighted by atomic mass is 16.1. The van der Waals surface area contributed by atoms with E-state index in [4.69, 9.17) is 0 Å². The predicted octanol–water partition coefficient (Wildman–Crippen LogP) is 3.69. The lowest BCUT2D eigenvalue weighted by Gasteiger charge is -2.24. The van der Waals surface area contributed by atoms with Gasteiger partial charge < -0.3 is 5.32 Å². The van der Waals surface area contributed by atoms with Gasteiger partial charge in [-0.15, -0.1) is 0 Å². The summed E-state index contributed by atoms with van der Waals surface area (Å²) in [5.41, 5.74) is 1.48. The molecule has 1 N–H and O–H groups in total. The SMILES string of the molecule is CC(=O)N[C@@H](CCC(C)(C)C)c1ccccc1. The third-order valence-electron chi connectivity index (χ3n) is 2.76. The summed E-state index contributed by atoms with van der Waals surface area (Å²) in [6.45, 7) is 8.25. The van der Waals surface area contributed by atoms with Crippen molar-refractivity contribution in [3.8, 4) is 0 Å². The van der Waals surface area contributed by atoms with Crippen LogP contribution < -0.4 is 5.32 Å². The fraction of sp³-hybridized carbons (Fsp3) is 0.533. The monoisotopic (exact) mass is 233 g/mol. The van der Waals surface area contributed by atoms with Gasteiger partial charge in [0.15, 0.2) is 0 Å². The van der Waals surface area contributed by atoms with Gasteiger partial charge in [-0.05, 0) is 23.8 Å². The maximum absolute atomic E-state index is 11.2. The fourth-order valence-corrected chi connectivity index (χ4v) is 1.83. The lowest BCUT2D eigenvalue weighted by molar-refractivity contribution is -0.119. The molecule has 0 aliphatic heterocycles. The van der Waals surface area contributed by atoms with Crippen molar-refractivity contribution >= 4 is 5.91 Å². The number of amides is 1. The number of hydrogen-bond acceptors (Lipinski definition) is 1. The van der Waals surface area contributed by atoms with E-state index in [1.165, 1.54) is 5.56 Å². The topological polar surface area (TPSA) is 29.1 Å².